The lowest BCUT2D eigenvalue weighted by atomic mass is 9.98. The Hall–Kier alpha value is -1.19. The molecule has 74 valence electrons. The van der Waals surface area contributed by atoms with E-state index in [0.29, 0.717) is 0 Å². The van der Waals surface area contributed by atoms with Gasteiger partial charge in [0.05, 0.1) is 5.41 Å². The Morgan fingerprint density at radius 2 is 1.62 bits per heavy atom. The van der Waals surface area contributed by atoms with Crippen molar-refractivity contribution >= 4 is 17.5 Å². The Bertz CT molecular complexity index is 248. The summed E-state index contributed by atoms with van der Waals surface area (Å²) in [7, 11) is 0. The molecule has 0 unspecified atom stereocenters. The van der Waals surface area contributed by atoms with Gasteiger partial charge in [-0.1, -0.05) is 5.16 Å². The Morgan fingerprint density at radius 3 is 1.92 bits per heavy atom. The minimum atomic E-state index is -0.597. The third-order valence-corrected chi connectivity index (χ3v) is 1.39. The molecule has 0 bridgehead atoms. The van der Waals surface area contributed by atoms with E-state index in [1.807, 2.05) is 0 Å². The summed E-state index contributed by atoms with van der Waals surface area (Å²) in [6.45, 7) is 8.01. The molecular formula is C9H15NO3. The fourth-order valence-electron chi connectivity index (χ4n) is 0.311. The largest absolute Gasteiger partial charge is 0.340 e. The molecule has 0 N–H and O–H groups in total. The van der Waals surface area contributed by atoms with E-state index in [1.165, 1.54) is 13.8 Å². The smallest absolute Gasteiger partial charge is 0.317 e. The summed E-state index contributed by atoms with van der Waals surface area (Å²) in [4.78, 5) is 26.4. The normalized spacial score (nSPS) is 12.5. The third kappa shape index (κ3) is 4.40. The van der Waals surface area contributed by atoms with Crippen LogP contribution in [0.25, 0.3) is 0 Å². The lowest BCUT2D eigenvalue weighted by Gasteiger charge is -2.12. The van der Waals surface area contributed by atoms with Crippen molar-refractivity contribution in [1.82, 2.24) is 0 Å². The maximum absolute atomic E-state index is 11.2. The number of carbonyl (C=O) groups excluding carboxylic acids is 2. The van der Waals surface area contributed by atoms with Crippen LogP contribution in [-0.4, -0.2) is 17.5 Å². The first-order valence-corrected chi connectivity index (χ1v) is 4.02. The van der Waals surface area contributed by atoms with E-state index in [2.05, 4.69) is 9.99 Å². The molecule has 0 aromatic heterocycles. The predicted molar refractivity (Wildman–Crippen MR) is 49.3 cm³/mol. The maximum atomic E-state index is 11.2. The number of ketones is 1. The van der Waals surface area contributed by atoms with Crippen LogP contribution in [-0.2, 0) is 14.4 Å². The van der Waals surface area contributed by atoms with Gasteiger partial charge in [-0.3, -0.25) is 4.79 Å². The highest BCUT2D eigenvalue weighted by atomic mass is 16.7. The van der Waals surface area contributed by atoms with Crippen molar-refractivity contribution in [3.05, 3.63) is 0 Å². The fraction of sp³-hybridized carbons (Fsp3) is 0.667. The molecule has 0 aromatic carbocycles. The average molecular weight is 185 g/mol. The molecule has 4 nitrogen and oxygen atoms in total. The van der Waals surface area contributed by atoms with E-state index in [-0.39, 0.29) is 11.5 Å². The zero-order valence-corrected chi connectivity index (χ0v) is 8.67. The average Bonchev–Trinajstić information content (AvgIpc) is 1.97. The number of hydrogen-bond acceptors (Lipinski definition) is 4. The van der Waals surface area contributed by atoms with Gasteiger partial charge in [-0.15, -0.1) is 0 Å². The number of nitrogens with zero attached hydrogens (tertiary/aromatic N) is 1. The molecule has 0 spiro atoms. The topological polar surface area (TPSA) is 55.7 Å². The second kappa shape index (κ2) is 4.16. The quantitative estimate of drug-likeness (QED) is 0.372. The first-order valence-electron chi connectivity index (χ1n) is 4.02. The monoisotopic (exact) mass is 185 g/mol. The zero-order valence-electron chi connectivity index (χ0n) is 8.67. The van der Waals surface area contributed by atoms with Gasteiger partial charge in [0.2, 0.25) is 0 Å². The van der Waals surface area contributed by atoms with E-state index in [0.717, 1.165) is 0 Å². The highest BCUT2D eigenvalue weighted by Crippen LogP contribution is 2.15. The van der Waals surface area contributed by atoms with Crippen LogP contribution in [0.4, 0.5) is 0 Å². The molecule has 0 aliphatic heterocycles. The van der Waals surface area contributed by atoms with Gasteiger partial charge in [0.25, 0.3) is 0 Å². The zero-order chi connectivity index (χ0) is 10.6. The number of Topliss-reactive ketones (excluding diaryl/α,β-unsaturated/α-hetero) is 1. The molecule has 0 fully saturated rings. The molecule has 0 aliphatic rings. The van der Waals surface area contributed by atoms with Gasteiger partial charge in [-0.2, -0.15) is 0 Å². The van der Waals surface area contributed by atoms with Crippen molar-refractivity contribution < 1.29 is 14.4 Å². The van der Waals surface area contributed by atoms with Crippen molar-refractivity contribution in [2.45, 2.75) is 34.6 Å². The molecule has 0 radical (unpaired) electrons. The second-order valence-electron chi connectivity index (χ2n) is 3.86. The van der Waals surface area contributed by atoms with E-state index < -0.39 is 11.4 Å². The van der Waals surface area contributed by atoms with Crippen molar-refractivity contribution in [2.75, 3.05) is 0 Å². The summed E-state index contributed by atoms with van der Waals surface area (Å²) in [6.07, 6.45) is 0. The molecule has 0 aliphatic carbocycles. The molecule has 0 saturated carbocycles. The Balaban J connectivity index is 4.26. The molecule has 13 heavy (non-hydrogen) atoms. The summed E-state index contributed by atoms with van der Waals surface area (Å²) in [5.41, 5.74) is -0.404. The molecule has 4 heteroatoms. The van der Waals surface area contributed by atoms with Crippen LogP contribution in [0.15, 0.2) is 5.16 Å². The number of carbonyl (C=O) groups is 2. The standard InChI is InChI=1S/C9H15NO3/c1-6(7(2)11)10-13-8(12)9(3,4)5/h1-5H3/b10-6+. The highest BCUT2D eigenvalue weighted by Gasteiger charge is 2.23. The number of oxime groups is 1. The van der Waals surface area contributed by atoms with E-state index in [9.17, 15) is 9.59 Å². The van der Waals surface area contributed by atoms with Crippen LogP contribution in [0.5, 0.6) is 0 Å². The van der Waals surface area contributed by atoms with Gasteiger partial charge in [0, 0.05) is 6.92 Å². The van der Waals surface area contributed by atoms with E-state index in [1.54, 1.807) is 20.8 Å². The van der Waals surface area contributed by atoms with Crippen LogP contribution >= 0.6 is 0 Å². The fourth-order valence-corrected chi connectivity index (χ4v) is 0.311. The molecular weight excluding hydrogens is 170 g/mol. The molecule has 0 heterocycles. The van der Waals surface area contributed by atoms with Gasteiger partial charge in [0.1, 0.15) is 5.71 Å². The van der Waals surface area contributed by atoms with Crippen molar-refractivity contribution in [3.63, 3.8) is 0 Å². The van der Waals surface area contributed by atoms with Gasteiger partial charge in [0.15, 0.2) is 5.78 Å². The van der Waals surface area contributed by atoms with Gasteiger partial charge < -0.3 is 4.84 Å². The van der Waals surface area contributed by atoms with Gasteiger partial charge in [-0.25, -0.2) is 4.79 Å². The number of hydrogen-bond donors (Lipinski definition) is 0. The SMILES string of the molecule is CC(=O)/C(C)=N/OC(=O)C(C)(C)C. The third-order valence-electron chi connectivity index (χ3n) is 1.39. The predicted octanol–water partition coefficient (Wildman–Crippen LogP) is 1.54. The first kappa shape index (κ1) is 11.8. The summed E-state index contributed by atoms with van der Waals surface area (Å²) in [6, 6.07) is 0. The van der Waals surface area contributed by atoms with Crippen molar-refractivity contribution in [3.8, 4) is 0 Å². The Labute approximate surface area is 77.9 Å². The Kier molecular flexibility index (Phi) is 3.78. The lowest BCUT2D eigenvalue weighted by molar-refractivity contribution is -0.152. The van der Waals surface area contributed by atoms with Gasteiger partial charge in [-0.05, 0) is 27.7 Å². The summed E-state index contributed by atoms with van der Waals surface area (Å²) in [5, 5.41) is 3.41. The minimum Gasteiger partial charge on any atom is -0.317 e. The van der Waals surface area contributed by atoms with Gasteiger partial charge >= 0.3 is 5.97 Å². The summed E-state index contributed by atoms with van der Waals surface area (Å²) in [5.74, 6) is -0.658. The van der Waals surface area contributed by atoms with Crippen LogP contribution in [0.1, 0.15) is 34.6 Å². The van der Waals surface area contributed by atoms with Crippen LogP contribution in [0.3, 0.4) is 0 Å². The first-order chi connectivity index (χ1) is 5.75. The molecule has 0 aromatic rings. The Morgan fingerprint density at radius 1 is 1.15 bits per heavy atom. The lowest BCUT2D eigenvalue weighted by Crippen LogP contribution is -2.22. The molecule has 0 atom stereocenters. The van der Waals surface area contributed by atoms with Crippen LogP contribution in [0, 0.1) is 5.41 Å². The molecule has 0 rings (SSSR count). The molecule has 0 saturated heterocycles. The number of rotatable bonds is 2. The highest BCUT2D eigenvalue weighted by molar-refractivity contribution is 6.37. The second-order valence-corrected chi connectivity index (χ2v) is 3.86. The van der Waals surface area contributed by atoms with Crippen LogP contribution in [0.2, 0.25) is 0 Å². The van der Waals surface area contributed by atoms with Crippen molar-refractivity contribution in [1.29, 1.82) is 0 Å². The van der Waals surface area contributed by atoms with E-state index in [4.69, 9.17) is 0 Å². The van der Waals surface area contributed by atoms with Crippen molar-refractivity contribution in [2.24, 2.45) is 10.6 Å². The van der Waals surface area contributed by atoms with Crippen LogP contribution < -0.4 is 0 Å². The minimum absolute atomic E-state index is 0.192. The summed E-state index contributed by atoms with van der Waals surface area (Å²) < 4.78 is 0. The molecule has 0 amide bonds. The summed E-state index contributed by atoms with van der Waals surface area (Å²) >= 11 is 0. The maximum Gasteiger partial charge on any atom is 0.340 e. The van der Waals surface area contributed by atoms with E-state index >= 15 is 0 Å².